The second kappa shape index (κ2) is 7.30. The first-order valence-electron chi connectivity index (χ1n) is 11.0. The summed E-state index contributed by atoms with van der Waals surface area (Å²) in [4.78, 5) is 15.2. The Labute approximate surface area is 187 Å². The lowest BCUT2D eigenvalue weighted by Gasteiger charge is -2.52. The molecule has 0 bridgehead atoms. The minimum absolute atomic E-state index is 0.0468. The third-order valence-electron chi connectivity index (χ3n) is 7.15. The summed E-state index contributed by atoms with van der Waals surface area (Å²) in [6.07, 6.45) is 4.94. The number of hydrogen-bond acceptors (Lipinski definition) is 4. The summed E-state index contributed by atoms with van der Waals surface area (Å²) in [5, 5.41) is 12.0. The molecule has 1 aliphatic carbocycles. The molecule has 5 rings (SSSR count). The standard InChI is InChI=1S/C27H26N2O3/c1-26(2,3)27(14-7-15-27)20-12-10-19(11-13-20)24-23(18-8-5-4-6-9-18)22-16-21(29(30)31)17-28-25(22)32-24/h4-6,8-13,16-17H,7,14-15H2,1-3H3. The Morgan fingerprint density at radius 2 is 1.69 bits per heavy atom. The maximum absolute atomic E-state index is 11.4. The Balaban J connectivity index is 1.67. The fraction of sp³-hybridized carbons (Fsp3) is 0.296. The largest absolute Gasteiger partial charge is 0.437 e. The van der Waals surface area contributed by atoms with E-state index in [1.54, 1.807) is 6.07 Å². The molecule has 1 aliphatic rings. The summed E-state index contributed by atoms with van der Waals surface area (Å²) in [5.41, 5.74) is 4.85. The van der Waals surface area contributed by atoms with E-state index in [-0.39, 0.29) is 16.5 Å². The molecule has 5 heteroatoms. The third-order valence-corrected chi connectivity index (χ3v) is 7.15. The Morgan fingerprint density at radius 1 is 1.00 bits per heavy atom. The quantitative estimate of drug-likeness (QED) is 0.250. The molecule has 1 fully saturated rings. The third kappa shape index (κ3) is 3.11. The van der Waals surface area contributed by atoms with Crippen LogP contribution in [-0.4, -0.2) is 9.91 Å². The maximum Gasteiger partial charge on any atom is 0.288 e. The van der Waals surface area contributed by atoms with Crippen LogP contribution in [-0.2, 0) is 5.41 Å². The highest BCUT2D eigenvalue weighted by Crippen LogP contribution is 2.55. The summed E-state index contributed by atoms with van der Waals surface area (Å²) in [6, 6.07) is 20.0. The average molecular weight is 427 g/mol. The van der Waals surface area contributed by atoms with Gasteiger partial charge in [-0.25, -0.2) is 4.98 Å². The summed E-state index contributed by atoms with van der Waals surface area (Å²) in [7, 11) is 0. The lowest BCUT2D eigenvalue weighted by Crippen LogP contribution is -2.45. The monoisotopic (exact) mass is 426 g/mol. The van der Waals surface area contributed by atoms with Crippen molar-refractivity contribution in [3.05, 3.63) is 82.5 Å². The highest BCUT2D eigenvalue weighted by Gasteiger charge is 2.47. The predicted molar refractivity (Wildman–Crippen MR) is 127 cm³/mol. The number of benzene rings is 2. The molecule has 0 radical (unpaired) electrons. The first-order chi connectivity index (χ1) is 15.3. The first kappa shape index (κ1) is 20.4. The van der Waals surface area contributed by atoms with Crippen molar-refractivity contribution in [1.29, 1.82) is 0 Å². The second-order valence-electron chi connectivity index (χ2n) is 9.74. The molecule has 0 unspecified atom stereocenters. The molecule has 4 aromatic rings. The fourth-order valence-corrected chi connectivity index (χ4v) is 5.11. The molecule has 162 valence electrons. The average Bonchev–Trinajstić information content (AvgIpc) is 3.11. The summed E-state index contributed by atoms with van der Waals surface area (Å²) in [5.74, 6) is 0.684. The van der Waals surface area contributed by atoms with Crippen molar-refractivity contribution >= 4 is 16.8 Å². The molecule has 2 aromatic carbocycles. The topological polar surface area (TPSA) is 69.2 Å². The molecular formula is C27H26N2O3. The van der Waals surface area contributed by atoms with Crippen LogP contribution in [0.15, 0.2) is 71.3 Å². The molecule has 0 aliphatic heterocycles. The summed E-state index contributed by atoms with van der Waals surface area (Å²) in [6.45, 7) is 6.97. The lowest BCUT2D eigenvalue weighted by molar-refractivity contribution is -0.385. The van der Waals surface area contributed by atoms with Gasteiger partial charge in [-0.1, -0.05) is 81.8 Å². The zero-order chi connectivity index (χ0) is 22.5. The predicted octanol–water partition coefficient (Wildman–Crippen LogP) is 7.54. The van der Waals surface area contributed by atoms with Crippen LogP contribution in [0.1, 0.15) is 45.6 Å². The van der Waals surface area contributed by atoms with Gasteiger partial charge in [-0.15, -0.1) is 0 Å². The van der Waals surface area contributed by atoms with Crippen molar-refractivity contribution in [1.82, 2.24) is 4.98 Å². The molecule has 5 nitrogen and oxygen atoms in total. The summed E-state index contributed by atoms with van der Waals surface area (Å²) >= 11 is 0. The zero-order valence-electron chi connectivity index (χ0n) is 18.6. The van der Waals surface area contributed by atoms with Crippen molar-refractivity contribution in [2.75, 3.05) is 0 Å². The van der Waals surface area contributed by atoms with E-state index in [0.717, 1.165) is 16.7 Å². The number of fused-ring (bicyclic) bond motifs is 1. The van der Waals surface area contributed by atoms with Crippen molar-refractivity contribution in [3.8, 4) is 22.5 Å². The zero-order valence-corrected chi connectivity index (χ0v) is 18.6. The minimum atomic E-state index is -0.423. The molecule has 0 spiro atoms. The number of hydrogen-bond donors (Lipinski definition) is 0. The molecule has 1 saturated carbocycles. The molecule has 2 heterocycles. The molecule has 0 N–H and O–H groups in total. The SMILES string of the molecule is CC(C)(C)C1(c2ccc(-c3oc4ncc([N+](=O)[O-])cc4c3-c3ccccc3)cc2)CCC1. The van der Waals surface area contributed by atoms with E-state index in [2.05, 4.69) is 50.0 Å². The Morgan fingerprint density at radius 3 is 2.25 bits per heavy atom. The van der Waals surface area contributed by atoms with E-state index < -0.39 is 4.92 Å². The maximum atomic E-state index is 11.4. The van der Waals surface area contributed by atoms with E-state index in [1.165, 1.54) is 31.0 Å². The van der Waals surface area contributed by atoms with Gasteiger partial charge in [-0.05, 0) is 29.4 Å². The van der Waals surface area contributed by atoms with Gasteiger partial charge in [0, 0.05) is 22.6 Å². The van der Waals surface area contributed by atoms with Crippen LogP contribution in [0.4, 0.5) is 5.69 Å². The molecule has 0 atom stereocenters. The van der Waals surface area contributed by atoms with Gasteiger partial charge in [-0.3, -0.25) is 10.1 Å². The van der Waals surface area contributed by atoms with Crippen molar-refractivity contribution < 1.29 is 9.34 Å². The number of furan rings is 1. The van der Waals surface area contributed by atoms with Gasteiger partial charge in [-0.2, -0.15) is 0 Å². The Kier molecular flexibility index (Phi) is 4.66. The van der Waals surface area contributed by atoms with Gasteiger partial charge in [0.1, 0.15) is 12.0 Å². The number of pyridine rings is 1. The number of rotatable bonds is 4. The second-order valence-corrected chi connectivity index (χ2v) is 9.74. The van der Waals surface area contributed by atoms with Gasteiger partial charge < -0.3 is 4.42 Å². The van der Waals surface area contributed by atoms with Gasteiger partial charge in [0.15, 0.2) is 0 Å². The number of aromatic nitrogens is 1. The van der Waals surface area contributed by atoms with E-state index >= 15 is 0 Å². The van der Waals surface area contributed by atoms with E-state index in [0.29, 0.717) is 16.9 Å². The van der Waals surface area contributed by atoms with Crippen LogP contribution < -0.4 is 0 Å². The number of nitro groups is 1. The van der Waals surface area contributed by atoms with Crippen LogP contribution in [0.25, 0.3) is 33.6 Å². The van der Waals surface area contributed by atoms with Crippen LogP contribution in [0, 0.1) is 15.5 Å². The molecule has 32 heavy (non-hydrogen) atoms. The Bertz CT molecular complexity index is 1290. The van der Waals surface area contributed by atoms with Gasteiger partial charge in [0.2, 0.25) is 5.71 Å². The van der Waals surface area contributed by atoms with Crippen LogP contribution in [0.5, 0.6) is 0 Å². The van der Waals surface area contributed by atoms with E-state index in [1.807, 2.05) is 30.3 Å². The lowest BCUT2D eigenvalue weighted by atomic mass is 9.52. The van der Waals surface area contributed by atoms with Gasteiger partial charge >= 0.3 is 0 Å². The molecule has 0 saturated heterocycles. The first-order valence-corrected chi connectivity index (χ1v) is 11.0. The normalized spacial score (nSPS) is 15.5. The van der Waals surface area contributed by atoms with Crippen molar-refractivity contribution in [2.24, 2.45) is 5.41 Å². The van der Waals surface area contributed by atoms with Crippen LogP contribution >= 0.6 is 0 Å². The highest BCUT2D eigenvalue weighted by molar-refractivity contribution is 6.01. The number of nitrogens with zero attached hydrogens (tertiary/aromatic N) is 2. The van der Waals surface area contributed by atoms with E-state index in [9.17, 15) is 10.1 Å². The van der Waals surface area contributed by atoms with Crippen molar-refractivity contribution in [3.63, 3.8) is 0 Å². The van der Waals surface area contributed by atoms with Gasteiger partial charge in [0.25, 0.3) is 5.69 Å². The Hall–Kier alpha value is -3.47. The minimum Gasteiger partial charge on any atom is -0.437 e. The van der Waals surface area contributed by atoms with E-state index in [4.69, 9.17) is 4.42 Å². The molecule has 0 amide bonds. The fourth-order valence-electron chi connectivity index (χ4n) is 5.11. The smallest absolute Gasteiger partial charge is 0.288 e. The summed E-state index contributed by atoms with van der Waals surface area (Å²) < 4.78 is 6.17. The highest BCUT2D eigenvalue weighted by atomic mass is 16.6. The molecular weight excluding hydrogens is 400 g/mol. The van der Waals surface area contributed by atoms with Crippen molar-refractivity contribution in [2.45, 2.75) is 45.4 Å². The van der Waals surface area contributed by atoms with Gasteiger partial charge in [0.05, 0.1) is 10.3 Å². The van der Waals surface area contributed by atoms with Crippen LogP contribution in [0.2, 0.25) is 0 Å². The van der Waals surface area contributed by atoms with Crippen LogP contribution in [0.3, 0.4) is 0 Å². The molecule has 2 aromatic heterocycles.